The summed E-state index contributed by atoms with van der Waals surface area (Å²) in [5.41, 5.74) is 0.465. The van der Waals surface area contributed by atoms with Gasteiger partial charge in [0.2, 0.25) is 5.89 Å². The van der Waals surface area contributed by atoms with Crippen molar-refractivity contribution in [2.24, 2.45) is 0 Å². The van der Waals surface area contributed by atoms with Gasteiger partial charge in [-0.2, -0.15) is 4.68 Å². The Morgan fingerprint density at radius 2 is 2.16 bits per heavy atom. The fourth-order valence-electron chi connectivity index (χ4n) is 3.15. The van der Waals surface area contributed by atoms with Gasteiger partial charge in [0.25, 0.3) is 5.69 Å². The van der Waals surface area contributed by atoms with E-state index in [1.54, 1.807) is 6.92 Å². The van der Waals surface area contributed by atoms with Crippen molar-refractivity contribution in [1.82, 2.24) is 14.7 Å². The van der Waals surface area contributed by atoms with E-state index >= 15 is 0 Å². The first-order chi connectivity index (χ1) is 11.9. The van der Waals surface area contributed by atoms with Crippen LogP contribution in [0.5, 0.6) is 0 Å². The summed E-state index contributed by atoms with van der Waals surface area (Å²) in [4.78, 5) is 24.4. The van der Waals surface area contributed by atoms with Gasteiger partial charge in [-0.15, -0.1) is 5.10 Å². The molecule has 0 spiro atoms. The van der Waals surface area contributed by atoms with Gasteiger partial charge in [0.15, 0.2) is 0 Å². The number of nitro benzene ring substituents is 1. The quantitative estimate of drug-likeness (QED) is 0.623. The first kappa shape index (κ1) is 17.3. The van der Waals surface area contributed by atoms with Crippen molar-refractivity contribution in [3.8, 4) is 11.5 Å². The smallest absolute Gasteiger partial charge is 0.393 e. The number of aliphatic hydroxyl groups is 1. The van der Waals surface area contributed by atoms with Crippen molar-refractivity contribution >= 4 is 5.69 Å². The number of likely N-dealkylation sites (tertiary alicyclic amines) is 1. The molecule has 1 aromatic carbocycles. The number of hydrogen-bond donors (Lipinski definition) is 1. The predicted molar refractivity (Wildman–Crippen MR) is 88.9 cm³/mol. The van der Waals surface area contributed by atoms with Crippen LogP contribution in [0, 0.1) is 10.1 Å². The maximum Gasteiger partial charge on any atom is 0.438 e. The standard InChI is InChI=1S/C16H20N4O5/c1-11(21)9-14-3-2-8-18(14)10-19-16(22)25-15(17-19)12-4-6-13(7-5-12)20(23)24/h4-7,11,14,21H,2-3,8-10H2,1H3. The Labute approximate surface area is 143 Å². The molecule has 1 N–H and O–H groups in total. The maximum atomic E-state index is 12.1. The zero-order valence-corrected chi connectivity index (χ0v) is 13.9. The number of non-ortho nitro benzene ring substituents is 1. The van der Waals surface area contributed by atoms with Crippen LogP contribution in [0.3, 0.4) is 0 Å². The highest BCUT2D eigenvalue weighted by atomic mass is 16.6. The Balaban J connectivity index is 1.76. The van der Waals surface area contributed by atoms with Crippen LogP contribution in [0.2, 0.25) is 0 Å². The molecule has 1 fully saturated rings. The lowest BCUT2D eigenvalue weighted by molar-refractivity contribution is -0.384. The first-order valence-corrected chi connectivity index (χ1v) is 8.19. The predicted octanol–water partition coefficient (Wildman–Crippen LogP) is 1.60. The van der Waals surface area contributed by atoms with E-state index in [9.17, 15) is 20.0 Å². The van der Waals surface area contributed by atoms with Gasteiger partial charge in [0.05, 0.1) is 11.0 Å². The number of aliphatic hydroxyl groups excluding tert-OH is 1. The number of benzene rings is 1. The van der Waals surface area contributed by atoms with Gasteiger partial charge in [-0.25, -0.2) is 4.79 Å². The van der Waals surface area contributed by atoms with Gasteiger partial charge in [0, 0.05) is 30.3 Å². The molecule has 1 aromatic heterocycles. The van der Waals surface area contributed by atoms with Crippen molar-refractivity contribution < 1.29 is 14.4 Å². The molecule has 9 heteroatoms. The third-order valence-corrected chi connectivity index (χ3v) is 4.36. The summed E-state index contributed by atoms with van der Waals surface area (Å²) in [6.45, 7) is 2.89. The molecule has 134 valence electrons. The average Bonchev–Trinajstić information content (AvgIpc) is 3.15. The molecule has 25 heavy (non-hydrogen) atoms. The van der Waals surface area contributed by atoms with Crippen LogP contribution in [0.4, 0.5) is 5.69 Å². The zero-order chi connectivity index (χ0) is 18.0. The van der Waals surface area contributed by atoms with Crippen LogP contribution >= 0.6 is 0 Å². The minimum absolute atomic E-state index is 0.0384. The van der Waals surface area contributed by atoms with Crippen molar-refractivity contribution in [3.05, 3.63) is 44.9 Å². The number of nitrogens with zero attached hydrogens (tertiary/aromatic N) is 4. The monoisotopic (exact) mass is 348 g/mol. The lowest BCUT2D eigenvalue weighted by Crippen LogP contribution is -2.36. The van der Waals surface area contributed by atoms with Crippen molar-refractivity contribution in [3.63, 3.8) is 0 Å². The minimum Gasteiger partial charge on any atom is -0.393 e. The third kappa shape index (κ3) is 3.94. The van der Waals surface area contributed by atoms with Crippen LogP contribution in [0.15, 0.2) is 33.5 Å². The molecule has 0 bridgehead atoms. The van der Waals surface area contributed by atoms with Crippen LogP contribution < -0.4 is 5.76 Å². The van der Waals surface area contributed by atoms with Crippen LogP contribution in [-0.2, 0) is 6.67 Å². The molecular formula is C16H20N4O5. The van der Waals surface area contributed by atoms with Gasteiger partial charge in [-0.1, -0.05) is 0 Å². The van der Waals surface area contributed by atoms with E-state index in [1.807, 2.05) is 0 Å². The Kier molecular flexibility index (Phi) is 4.95. The normalized spacial score (nSPS) is 19.2. The minimum atomic E-state index is -0.573. The molecule has 2 aromatic rings. The molecule has 2 heterocycles. The summed E-state index contributed by atoms with van der Waals surface area (Å²) in [6, 6.07) is 5.90. The number of hydrogen-bond acceptors (Lipinski definition) is 7. The number of rotatable bonds is 6. The summed E-state index contributed by atoms with van der Waals surface area (Å²) >= 11 is 0. The molecule has 2 unspecified atom stereocenters. The lowest BCUT2D eigenvalue weighted by Gasteiger charge is -2.24. The third-order valence-electron chi connectivity index (χ3n) is 4.36. The fraction of sp³-hybridized carbons (Fsp3) is 0.500. The second-order valence-electron chi connectivity index (χ2n) is 6.31. The molecule has 1 aliphatic heterocycles. The Morgan fingerprint density at radius 1 is 1.44 bits per heavy atom. The van der Waals surface area contributed by atoms with Crippen molar-refractivity contribution in [2.75, 3.05) is 6.54 Å². The molecule has 2 atom stereocenters. The Morgan fingerprint density at radius 3 is 2.80 bits per heavy atom. The van der Waals surface area contributed by atoms with Gasteiger partial charge >= 0.3 is 5.76 Å². The summed E-state index contributed by atoms with van der Waals surface area (Å²) in [5.74, 6) is -0.442. The van der Waals surface area contributed by atoms with Crippen LogP contribution in [-0.4, -0.2) is 43.4 Å². The van der Waals surface area contributed by atoms with E-state index in [1.165, 1.54) is 28.9 Å². The van der Waals surface area contributed by atoms with E-state index in [2.05, 4.69) is 10.00 Å². The van der Waals surface area contributed by atoms with Crippen molar-refractivity contribution in [1.29, 1.82) is 0 Å². The van der Waals surface area contributed by atoms with Gasteiger partial charge < -0.3 is 9.52 Å². The average molecular weight is 348 g/mol. The maximum absolute atomic E-state index is 12.1. The molecule has 0 amide bonds. The van der Waals surface area contributed by atoms with Gasteiger partial charge in [-0.3, -0.25) is 15.0 Å². The van der Waals surface area contributed by atoms with E-state index in [0.717, 1.165) is 19.4 Å². The zero-order valence-electron chi connectivity index (χ0n) is 13.9. The number of aromatic nitrogens is 2. The Hall–Kier alpha value is -2.52. The molecule has 1 saturated heterocycles. The first-order valence-electron chi connectivity index (χ1n) is 8.19. The summed E-state index contributed by atoms with van der Waals surface area (Å²) in [7, 11) is 0. The SMILES string of the molecule is CC(O)CC1CCCN1Cn1nc(-c2ccc([N+](=O)[O-])cc2)oc1=O. The van der Waals surface area contributed by atoms with Crippen LogP contribution in [0.25, 0.3) is 11.5 Å². The summed E-state index contributed by atoms with van der Waals surface area (Å²) in [5, 5.41) is 24.5. The van der Waals surface area contributed by atoms with E-state index < -0.39 is 16.8 Å². The van der Waals surface area contributed by atoms with Gasteiger partial charge in [-0.05, 0) is 38.3 Å². The molecule has 0 aliphatic carbocycles. The van der Waals surface area contributed by atoms with E-state index in [4.69, 9.17) is 4.42 Å². The summed E-state index contributed by atoms with van der Waals surface area (Å²) in [6.07, 6.45) is 2.25. The van der Waals surface area contributed by atoms with Crippen molar-refractivity contribution in [2.45, 2.75) is 45.0 Å². The molecule has 0 saturated carbocycles. The largest absolute Gasteiger partial charge is 0.438 e. The second kappa shape index (κ2) is 7.16. The fourth-order valence-corrected chi connectivity index (χ4v) is 3.15. The lowest BCUT2D eigenvalue weighted by atomic mass is 10.1. The summed E-state index contributed by atoms with van der Waals surface area (Å²) < 4.78 is 6.43. The highest BCUT2D eigenvalue weighted by Crippen LogP contribution is 2.23. The molecule has 9 nitrogen and oxygen atoms in total. The molecule has 0 radical (unpaired) electrons. The second-order valence-corrected chi connectivity index (χ2v) is 6.31. The molecule has 1 aliphatic rings. The molecule has 3 rings (SSSR count). The van der Waals surface area contributed by atoms with E-state index in [-0.39, 0.29) is 17.6 Å². The topological polar surface area (TPSA) is 115 Å². The highest BCUT2D eigenvalue weighted by molar-refractivity contribution is 5.55. The molecular weight excluding hydrogens is 328 g/mol. The van der Waals surface area contributed by atoms with E-state index in [0.29, 0.717) is 18.7 Å². The number of nitro groups is 1. The Bertz CT molecular complexity index is 796. The highest BCUT2D eigenvalue weighted by Gasteiger charge is 2.27. The van der Waals surface area contributed by atoms with Crippen LogP contribution in [0.1, 0.15) is 26.2 Å². The van der Waals surface area contributed by atoms with Gasteiger partial charge in [0.1, 0.15) is 6.67 Å².